The number of nitrogens with zero attached hydrogens (tertiary/aromatic N) is 2. The molecule has 148 valence electrons. The summed E-state index contributed by atoms with van der Waals surface area (Å²) in [4.78, 5) is 28.5. The van der Waals surface area contributed by atoms with Gasteiger partial charge in [0.15, 0.2) is 9.84 Å². The minimum Gasteiger partial charge on any atom is -0.368 e. The minimum atomic E-state index is -3.04. The maximum absolute atomic E-state index is 12.4. The molecule has 0 spiro atoms. The number of carbonyl (C=O) groups excluding carboxylic acids is 2. The SMILES string of the molecule is Cc1cccc(N2CCN(C(=O)CC(=O)NC3CCS(=O)(=O)C3)CC2)c1C. The number of anilines is 1. The summed E-state index contributed by atoms with van der Waals surface area (Å²) in [5, 5.41) is 2.68. The zero-order chi connectivity index (χ0) is 19.6. The molecule has 1 aromatic rings. The largest absolute Gasteiger partial charge is 0.368 e. The van der Waals surface area contributed by atoms with Crippen molar-refractivity contribution in [2.75, 3.05) is 42.6 Å². The Kier molecular flexibility index (Phi) is 5.74. The van der Waals surface area contributed by atoms with E-state index < -0.39 is 9.84 Å². The molecule has 3 rings (SSSR count). The van der Waals surface area contributed by atoms with E-state index in [0.717, 1.165) is 13.1 Å². The van der Waals surface area contributed by atoms with Crippen LogP contribution in [0, 0.1) is 13.8 Å². The highest BCUT2D eigenvalue weighted by molar-refractivity contribution is 7.91. The molecule has 2 aliphatic heterocycles. The molecule has 1 atom stereocenters. The third-order valence-corrected chi connectivity index (χ3v) is 7.23. The molecular weight excluding hydrogens is 366 g/mol. The first kappa shape index (κ1) is 19.7. The highest BCUT2D eigenvalue weighted by Gasteiger charge is 2.30. The van der Waals surface area contributed by atoms with E-state index in [4.69, 9.17) is 0 Å². The van der Waals surface area contributed by atoms with Crippen molar-refractivity contribution in [2.24, 2.45) is 0 Å². The average molecular weight is 394 g/mol. The standard InChI is InChI=1S/C19H27N3O4S/c1-14-4-3-5-17(15(14)2)21-7-9-22(10-8-21)19(24)12-18(23)20-16-6-11-27(25,26)13-16/h3-5,16H,6-13H2,1-2H3,(H,20,23). The Morgan fingerprint density at radius 1 is 1.15 bits per heavy atom. The fourth-order valence-corrected chi connectivity index (χ4v) is 5.38. The maximum Gasteiger partial charge on any atom is 0.232 e. The Balaban J connectivity index is 1.48. The van der Waals surface area contributed by atoms with Crippen molar-refractivity contribution >= 4 is 27.3 Å². The lowest BCUT2D eigenvalue weighted by Crippen LogP contribution is -2.50. The van der Waals surface area contributed by atoms with Gasteiger partial charge in [-0.25, -0.2) is 8.42 Å². The van der Waals surface area contributed by atoms with Crippen LogP contribution in [-0.2, 0) is 19.4 Å². The minimum absolute atomic E-state index is 0.0263. The molecule has 8 heteroatoms. The van der Waals surface area contributed by atoms with E-state index in [0.29, 0.717) is 19.5 Å². The van der Waals surface area contributed by atoms with Crippen LogP contribution in [0.2, 0.25) is 0 Å². The van der Waals surface area contributed by atoms with Crippen molar-refractivity contribution in [3.05, 3.63) is 29.3 Å². The van der Waals surface area contributed by atoms with Crippen molar-refractivity contribution in [3.63, 3.8) is 0 Å². The number of hydrogen-bond donors (Lipinski definition) is 1. The predicted octanol–water partition coefficient (Wildman–Crippen LogP) is 0.645. The first-order valence-corrected chi connectivity index (χ1v) is 11.2. The summed E-state index contributed by atoms with van der Waals surface area (Å²) < 4.78 is 22.9. The quantitative estimate of drug-likeness (QED) is 0.759. The van der Waals surface area contributed by atoms with E-state index in [1.165, 1.54) is 16.8 Å². The van der Waals surface area contributed by atoms with Crippen LogP contribution in [0.5, 0.6) is 0 Å². The van der Waals surface area contributed by atoms with E-state index in [1.54, 1.807) is 4.90 Å². The predicted molar refractivity (Wildman–Crippen MR) is 105 cm³/mol. The zero-order valence-corrected chi connectivity index (χ0v) is 16.7. The van der Waals surface area contributed by atoms with Gasteiger partial charge in [0.1, 0.15) is 6.42 Å². The van der Waals surface area contributed by atoms with Gasteiger partial charge in [-0.05, 0) is 37.5 Å². The van der Waals surface area contributed by atoms with Gasteiger partial charge in [-0.15, -0.1) is 0 Å². The molecule has 0 radical (unpaired) electrons. The number of carbonyl (C=O) groups is 2. The van der Waals surface area contributed by atoms with Crippen LogP contribution in [0.4, 0.5) is 5.69 Å². The summed E-state index contributed by atoms with van der Waals surface area (Å²) in [7, 11) is -3.04. The van der Waals surface area contributed by atoms with Gasteiger partial charge >= 0.3 is 0 Å². The van der Waals surface area contributed by atoms with Crippen LogP contribution in [0.25, 0.3) is 0 Å². The molecular formula is C19H27N3O4S. The molecule has 2 saturated heterocycles. The molecule has 2 fully saturated rings. The third-order valence-electron chi connectivity index (χ3n) is 5.46. The Bertz CT molecular complexity index is 829. The number of benzene rings is 1. The van der Waals surface area contributed by atoms with Crippen molar-refractivity contribution in [2.45, 2.75) is 32.7 Å². The Morgan fingerprint density at radius 3 is 2.48 bits per heavy atom. The van der Waals surface area contributed by atoms with Gasteiger partial charge in [0.25, 0.3) is 0 Å². The number of nitrogens with one attached hydrogen (secondary N) is 1. The topological polar surface area (TPSA) is 86.8 Å². The van der Waals surface area contributed by atoms with E-state index in [-0.39, 0.29) is 35.8 Å². The van der Waals surface area contributed by atoms with Crippen molar-refractivity contribution in [1.82, 2.24) is 10.2 Å². The lowest BCUT2D eigenvalue weighted by atomic mass is 10.1. The molecule has 2 aliphatic rings. The monoisotopic (exact) mass is 393 g/mol. The Labute approximate surface area is 160 Å². The summed E-state index contributed by atoms with van der Waals surface area (Å²) >= 11 is 0. The van der Waals surface area contributed by atoms with Gasteiger partial charge in [-0.3, -0.25) is 9.59 Å². The second-order valence-corrected chi connectivity index (χ2v) is 9.66. The fraction of sp³-hybridized carbons (Fsp3) is 0.579. The van der Waals surface area contributed by atoms with Crippen LogP contribution in [0.1, 0.15) is 24.0 Å². The van der Waals surface area contributed by atoms with Gasteiger partial charge in [0.05, 0.1) is 11.5 Å². The van der Waals surface area contributed by atoms with Gasteiger partial charge in [-0.2, -0.15) is 0 Å². The van der Waals surface area contributed by atoms with E-state index in [2.05, 4.69) is 36.2 Å². The summed E-state index contributed by atoms with van der Waals surface area (Å²) in [6, 6.07) is 5.87. The molecule has 2 heterocycles. The molecule has 27 heavy (non-hydrogen) atoms. The molecule has 7 nitrogen and oxygen atoms in total. The number of aryl methyl sites for hydroxylation is 1. The molecule has 0 aliphatic carbocycles. The van der Waals surface area contributed by atoms with Crippen LogP contribution in [0.15, 0.2) is 18.2 Å². The molecule has 1 aromatic carbocycles. The lowest BCUT2D eigenvalue weighted by Gasteiger charge is -2.37. The Hall–Kier alpha value is -2.09. The summed E-state index contributed by atoms with van der Waals surface area (Å²) in [6.45, 7) is 6.83. The van der Waals surface area contributed by atoms with Gasteiger partial charge in [-0.1, -0.05) is 12.1 Å². The summed E-state index contributed by atoms with van der Waals surface area (Å²) in [5.74, 6) is -0.513. The molecule has 0 aromatic heterocycles. The molecule has 1 unspecified atom stereocenters. The molecule has 0 saturated carbocycles. The van der Waals surface area contributed by atoms with Crippen LogP contribution >= 0.6 is 0 Å². The van der Waals surface area contributed by atoms with Crippen LogP contribution in [0.3, 0.4) is 0 Å². The van der Waals surface area contributed by atoms with Gasteiger partial charge in [0, 0.05) is 37.9 Å². The number of sulfone groups is 1. The number of rotatable bonds is 4. The first-order valence-electron chi connectivity index (χ1n) is 9.34. The van der Waals surface area contributed by atoms with E-state index in [1.807, 2.05) is 6.07 Å². The number of amides is 2. The highest BCUT2D eigenvalue weighted by Crippen LogP contribution is 2.24. The van der Waals surface area contributed by atoms with Gasteiger partial charge < -0.3 is 15.1 Å². The smallest absolute Gasteiger partial charge is 0.232 e. The van der Waals surface area contributed by atoms with Crippen molar-refractivity contribution in [3.8, 4) is 0 Å². The summed E-state index contributed by atoms with van der Waals surface area (Å²) in [5.41, 5.74) is 3.70. The third kappa shape index (κ3) is 4.80. The van der Waals surface area contributed by atoms with E-state index in [9.17, 15) is 18.0 Å². The first-order chi connectivity index (χ1) is 12.7. The van der Waals surface area contributed by atoms with Crippen LogP contribution < -0.4 is 10.2 Å². The van der Waals surface area contributed by atoms with E-state index >= 15 is 0 Å². The molecule has 0 bridgehead atoms. The number of hydrogen-bond acceptors (Lipinski definition) is 5. The normalized spacial score (nSPS) is 21.9. The van der Waals surface area contributed by atoms with Crippen LogP contribution in [-0.4, -0.2) is 68.9 Å². The second kappa shape index (κ2) is 7.88. The fourth-order valence-electron chi connectivity index (χ4n) is 3.71. The lowest BCUT2D eigenvalue weighted by molar-refractivity contribution is -0.136. The zero-order valence-electron chi connectivity index (χ0n) is 15.9. The molecule has 1 N–H and O–H groups in total. The van der Waals surface area contributed by atoms with Crippen molar-refractivity contribution in [1.29, 1.82) is 0 Å². The second-order valence-electron chi connectivity index (χ2n) is 7.43. The number of piperazine rings is 1. The van der Waals surface area contributed by atoms with Gasteiger partial charge in [0.2, 0.25) is 11.8 Å². The summed E-state index contributed by atoms with van der Waals surface area (Å²) in [6.07, 6.45) is 0.205. The maximum atomic E-state index is 12.4. The van der Waals surface area contributed by atoms with Crippen molar-refractivity contribution < 1.29 is 18.0 Å². The molecule has 2 amide bonds. The Morgan fingerprint density at radius 2 is 1.85 bits per heavy atom. The average Bonchev–Trinajstić information content (AvgIpc) is 2.95. The highest BCUT2D eigenvalue weighted by atomic mass is 32.2.